The molecular formula is C13H25NO. The number of aliphatic hydroxyl groups is 1. The molecule has 0 amide bonds. The molecule has 1 unspecified atom stereocenters. The Morgan fingerprint density at radius 1 is 1.20 bits per heavy atom. The van der Waals surface area contributed by atoms with Gasteiger partial charge in [-0.2, -0.15) is 0 Å². The summed E-state index contributed by atoms with van der Waals surface area (Å²) in [6.45, 7) is 2.26. The van der Waals surface area contributed by atoms with Gasteiger partial charge >= 0.3 is 0 Å². The van der Waals surface area contributed by atoms with Crippen molar-refractivity contribution in [2.24, 2.45) is 5.92 Å². The Morgan fingerprint density at radius 2 is 1.93 bits per heavy atom. The molecule has 2 nitrogen and oxygen atoms in total. The van der Waals surface area contributed by atoms with Gasteiger partial charge in [0.05, 0.1) is 6.10 Å². The standard InChI is InChI=1S/C13H25NO/c1-2-11(9-10-7-8-10)14-12-5-3-4-6-13(12)15/h10-15H,2-9H2,1H3/t11?,12-,13-/m0/s1. The summed E-state index contributed by atoms with van der Waals surface area (Å²) in [5.41, 5.74) is 0. The summed E-state index contributed by atoms with van der Waals surface area (Å²) in [6.07, 6.45) is 9.98. The second kappa shape index (κ2) is 5.31. The van der Waals surface area contributed by atoms with Gasteiger partial charge in [-0.05, 0) is 31.6 Å². The molecule has 2 N–H and O–H groups in total. The maximum Gasteiger partial charge on any atom is 0.0693 e. The molecule has 2 aliphatic rings. The van der Waals surface area contributed by atoms with E-state index in [0.29, 0.717) is 12.1 Å². The van der Waals surface area contributed by atoms with E-state index in [9.17, 15) is 5.11 Å². The second-order valence-electron chi connectivity index (χ2n) is 5.41. The zero-order valence-electron chi connectivity index (χ0n) is 9.91. The van der Waals surface area contributed by atoms with E-state index in [0.717, 1.165) is 12.3 Å². The molecule has 88 valence electrons. The van der Waals surface area contributed by atoms with Crippen LogP contribution in [-0.2, 0) is 0 Å². The number of hydrogen-bond acceptors (Lipinski definition) is 2. The molecule has 0 heterocycles. The monoisotopic (exact) mass is 211 g/mol. The third-order valence-electron chi connectivity index (χ3n) is 3.99. The summed E-state index contributed by atoms with van der Waals surface area (Å²) in [7, 11) is 0. The van der Waals surface area contributed by atoms with E-state index in [4.69, 9.17) is 0 Å². The molecule has 2 aliphatic carbocycles. The van der Waals surface area contributed by atoms with E-state index in [1.807, 2.05) is 0 Å². The number of nitrogens with one attached hydrogen (secondary N) is 1. The predicted molar refractivity (Wildman–Crippen MR) is 62.8 cm³/mol. The van der Waals surface area contributed by atoms with Gasteiger partial charge in [-0.1, -0.05) is 32.6 Å². The third-order valence-corrected chi connectivity index (χ3v) is 3.99. The highest BCUT2D eigenvalue weighted by Gasteiger charge is 2.28. The van der Waals surface area contributed by atoms with Gasteiger partial charge in [0.25, 0.3) is 0 Å². The lowest BCUT2D eigenvalue weighted by Gasteiger charge is -2.32. The molecule has 0 aromatic carbocycles. The van der Waals surface area contributed by atoms with E-state index in [1.165, 1.54) is 44.9 Å². The van der Waals surface area contributed by atoms with E-state index >= 15 is 0 Å². The zero-order chi connectivity index (χ0) is 10.7. The van der Waals surface area contributed by atoms with Crippen molar-refractivity contribution in [2.45, 2.75) is 76.5 Å². The van der Waals surface area contributed by atoms with Crippen LogP contribution in [0.3, 0.4) is 0 Å². The fourth-order valence-corrected chi connectivity index (χ4v) is 2.72. The molecule has 0 aromatic heterocycles. The van der Waals surface area contributed by atoms with Gasteiger partial charge in [0.15, 0.2) is 0 Å². The second-order valence-corrected chi connectivity index (χ2v) is 5.41. The molecular weight excluding hydrogens is 186 g/mol. The van der Waals surface area contributed by atoms with Gasteiger partial charge in [-0.25, -0.2) is 0 Å². The average molecular weight is 211 g/mol. The fourth-order valence-electron chi connectivity index (χ4n) is 2.72. The van der Waals surface area contributed by atoms with E-state index < -0.39 is 0 Å². The highest BCUT2D eigenvalue weighted by molar-refractivity contribution is 4.86. The van der Waals surface area contributed by atoms with Crippen molar-refractivity contribution in [3.8, 4) is 0 Å². The van der Waals surface area contributed by atoms with Gasteiger partial charge in [-0.3, -0.25) is 0 Å². The minimum absolute atomic E-state index is 0.0907. The number of aliphatic hydroxyl groups excluding tert-OH is 1. The van der Waals surface area contributed by atoms with E-state index in [2.05, 4.69) is 12.2 Å². The minimum Gasteiger partial charge on any atom is -0.392 e. The van der Waals surface area contributed by atoms with Crippen LogP contribution in [0.2, 0.25) is 0 Å². The Bertz CT molecular complexity index is 191. The summed E-state index contributed by atoms with van der Waals surface area (Å²) >= 11 is 0. The Labute approximate surface area is 93.5 Å². The molecule has 2 saturated carbocycles. The van der Waals surface area contributed by atoms with Crippen molar-refractivity contribution in [3.63, 3.8) is 0 Å². The first-order valence-electron chi connectivity index (χ1n) is 6.73. The topological polar surface area (TPSA) is 32.3 Å². The molecule has 2 fully saturated rings. The van der Waals surface area contributed by atoms with E-state index in [1.54, 1.807) is 0 Å². The maximum atomic E-state index is 9.90. The van der Waals surface area contributed by atoms with Gasteiger partial charge < -0.3 is 10.4 Å². The molecule has 0 spiro atoms. The van der Waals surface area contributed by atoms with Crippen LogP contribution in [-0.4, -0.2) is 23.3 Å². The normalized spacial score (nSPS) is 34.0. The molecule has 0 saturated heterocycles. The van der Waals surface area contributed by atoms with Crippen LogP contribution in [0.4, 0.5) is 0 Å². The highest BCUT2D eigenvalue weighted by Crippen LogP contribution is 2.34. The minimum atomic E-state index is -0.0907. The molecule has 3 atom stereocenters. The predicted octanol–water partition coefficient (Wildman–Crippen LogP) is 2.46. The molecule has 2 rings (SSSR count). The first kappa shape index (κ1) is 11.4. The van der Waals surface area contributed by atoms with Crippen molar-refractivity contribution in [2.75, 3.05) is 0 Å². The van der Waals surface area contributed by atoms with Gasteiger partial charge in [-0.15, -0.1) is 0 Å². The highest BCUT2D eigenvalue weighted by atomic mass is 16.3. The van der Waals surface area contributed by atoms with E-state index in [-0.39, 0.29) is 6.10 Å². The average Bonchev–Trinajstić information content (AvgIpc) is 3.04. The van der Waals surface area contributed by atoms with Crippen LogP contribution in [0.25, 0.3) is 0 Å². The summed E-state index contributed by atoms with van der Waals surface area (Å²) in [6, 6.07) is 1.03. The number of hydrogen-bond donors (Lipinski definition) is 2. The maximum absolute atomic E-state index is 9.90. The fraction of sp³-hybridized carbons (Fsp3) is 1.00. The summed E-state index contributed by atoms with van der Waals surface area (Å²) in [5.74, 6) is 0.989. The quantitative estimate of drug-likeness (QED) is 0.732. The third kappa shape index (κ3) is 3.46. The smallest absolute Gasteiger partial charge is 0.0693 e. The van der Waals surface area contributed by atoms with Crippen molar-refractivity contribution in [1.82, 2.24) is 5.32 Å². The first-order valence-corrected chi connectivity index (χ1v) is 6.73. The van der Waals surface area contributed by atoms with Crippen molar-refractivity contribution >= 4 is 0 Å². The van der Waals surface area contributed by atoms with Crippen LogP contribution in [0.5, 0.6) is 0 Å². The first-order chi connectivity index (χ1) is 7.29. The van der Waals surface area contributed by atoms with Crippen molar-refractivity contribution in [1.29, 1.82) is 0 Å². The largest absolute Gasteiger partial charge is 0.392 e. The van der Waals surface area contributed by atoms with Crippen LogP contribution in [0.15, 0.2) is 0 Å². The Hall–Kier alpha value is -0.0800. The van der Waals surface area contributed by atoms with Crippen LogP contribution in [0.1, 0.15) is 58.3 Å². The Balaban J connectivity index is 1.75. The zero-order valence-corrected chi connectivity index (χ0v) is 9.91. The lowest BCUT2D eigenvalue weighted by Crippen LogP contribution is -2.47. The van der Waals surface area contributed by atoms with Crippen LogP contribution >= 0.6 is 0 Å². The molecule has 0 bridgehead atoms. The summed E-state index contributed by atoms with van der Waals surface area (Å²) in [4.78, 5) is 0. The van der Waals surface area contributed by atoms with Crippen molar-refractivity contribution < 1.29 is 5.11 Å². The Kier molecular flexibility index (Phi) is 4.04. The van der Waals surface area contributed by atoms with Gasteiger partial charge in [0.2, 0.25) is 0 Å². The molecule has 2 heteroatoms. The molecule has 15 heavy (non-hydrogen) atoms. The lowest BCUT2D eigenvalue weighted by atomic mass is 9.91. The van der Waals surface area contributed by atoms with Crippen LogP contribution < -0.4 is 5.32 Å². The number of rotatable bonds is 5. The SMILES string of the molecule is CCC(CC1CC1)N[C@H]1CCCC[C@@H]1O. The van der Waals surface area contributed by atoms with Gasteiger partial charge in [0, 0.05) is 12.1 Å². The van der Waals surface area contributed by atoms with Crippen LogP contribution in [0, 0.1) is 5.92 Å². The molecule has 0 aliphatic heterocycles. The van der Waals surface area contributed by atoms with Gasteiger partial charge in [0.1, 0.15) is 0 Å². The lowest BCUT2D eigenvalue weighted by molar-refractivity contribution is 0.0833. The van der Waals surface area contributed by atoms with Crippen molar-refractivity contribution in [3.05, 3.63) is 0 Å². The molecule has 0 aromatic rings. The summed E-state index contributed by atoms with van der Waals surface area (Å²) < 4.78 is 0. The Morgan fingerprint density at radius 3 is 2.53 bits per heavy atom. The summed E-state index contributed by atoms with van der Waals surface area (Å²) in [5, 5.41) is 13.6. The molecule has 0 radical (unpaired) electrons.